The van der Waals surface area contributed by atoms with Gasteiger partial charge in [0.2, 0.25) is 0 Å². The molecule has 0 aliphatic carbocycles. The number of para-hydroxylation sites is 1. The predicted octanol–water partition coefficient (Wildman–Crippen LogP) is 3.93. The third kappa shape index (κ3) is 2.43. The Morgan fingerprint density at radius 1 is 1.19 bits per heavy atom. The predicted molar refractivity (Wildman–Crippen MR) is 83.7 cm³/mol. The number of benzene rings is 2. The van der Waals surface area contributed by atoms with Gasteiger partial charge < -0.3 is 10.1 Å². The van der Waals surface area contributed by atoms with E-state index in [1.54, 1.807) is 25.3 Å². The van der Waals surface area contributed by atoms with Gasteiger partial charge in [-0.15, -0.1) is 0 Å². The number of fused-ring (bicyclic) bond motifs is 1. The first-order chi connectivity index (χ1) is 10.2. The molecule has 21 heavy (non-hydrogen) atoms. The highest BCUT2D eigenvalue weighted by Gasteiger charge is 2.09. The normalized spacial score (nSPS) is 11.3. The summed E-state index contributed by atoms with van der Waals surface area (Å²) in [6.07, 6.45) is 3.65. The van der Waals surface area contributed by atoms with E-state index in [0.29, 0.717) is 11.3 Å². The third-order valence-electron chi connectivity index (χ3n) is 3.50. The summed E-state index contributed by atoms with van der Waals surface area (Å²) in [5.74, 6) is -0.934. The number of nitrogens with one attached hydrogen (secondary N) is 1. The fraction of sp³-hybridized carbons (Fsp3) is 0.0588. The van der Waals surface area contributed by atoms with Crippen LogP contribution in [0.3, 0.4) is 0 Å². The zero-order valence-electron chi connectivity index (χ0n) is 11.5. The number of nitrogens with zero attached hydrogens (tertiary/aromatic N) is 1. The van der Waals surface area contributed by atoms with E-state index in [1.165, 1.54) is 0 Å². The fourth-order valence-electron chi connectivity index (χ4n) is 2.33. The molecule has 2 N–H and O–H groups in total. The summed E-state index contributed by atoms with van der Waals surface area (Å²) in [5, 5.41) is 10.2. The number of carbonyl (C=O) groups is 1. The molecule has 4 heteroatoms. The van der Waals surface area contributed by atoms with Crippen molar-refractivity contribution in [2.45, 2.75) is 6.92 Å². The van der Waals surface area contributed by atoms with Gasteiger partial charge in [-0.05, 0) is 30.7 Å². The number of aliphatic imine (C=N–C) groups is 1. The van der Waals surface area contributed by atoms with Gasteiger partial charge in [-0.25, -0.2) is 4.79 Å². The van der Waals surface area contributed by atoms with Crippen molar-refractivity contribution in [2.75, 3.05) is 0 Å². The Labute approximate surface area is 121 Å². The molecule has 3 aromatic rings. The molecule has 0 amide bonds. The highest BCUT2D eigenvalue weighted by atomic mass is 16.4. The van der Waals surface area contributed by atoms with Gasteiger partial charge >= 0.3 is 5.97 Å². The summed E-state index contributed by atoms with van der Waals surface area (Å²) >= 11 is 0. The van der Waals surface area contributed by atoms with Gasteiger partial charge in [-0.3, -0.25) is 4.99 Å². The van der Waals surface area contributed by atoms with E-state index in [4.69, 9.17) is 5.11 Å². The quantitative estimate of drug-likeness (QED) is 0.713. The second kappa shape index (κ2) is 5.25. The Bertz CT molecular complexity index is 847. The molecule has 0 aliphatic heterocycles. The number of aromatic nitrogens is 1. The second-order valence-electron chi connectivity index (χ2n) is 4.80. The van der Waals surface area contributed by atoms with E-state index >= 15 is 0 Å². The Morgan fingerprint density at radius 3 is 2.81 bits per heavy atom. The highest BCUT2D eigenvalue weighted by molar-refractivity contribution is 6.00. The lowest BCUT2D eigenvalue weighted by Crippen LogP contribution is -1.99. The molecule has 0 spiro atoms. The van der Waals surface area contributed by atoms with Crippen molar-refractivity contribution in [3.8, 4) is 0 Å². The molecule has 0 atom stereocenters. The molecule has 0 saturated carbocycles. The number of H-pyrrole nitrogens is 1. The number of hydrogen-bond donors (Lipinski definition) is 2. The average molecular weight is 278 g/mol. The smallest absolute Gasteiger partial charge is 0.336 e. The minimum absolute atomic E-state index is 0.281. The topological polar surface area (TPSA) is 65.5 Å². The van der Waals surface area contributed by atoms with E-state index in [-0.39, 0.29) is 5.56 Å². The van der Waals surface area contributed by atoms with Crippen LogP contribution in [0.25, 0.3) is 10.9 Å². The molecule has 104 valence electrons. The van der Waals surface area contributed by atoms with Crippen molar-refractivity contribution in [1.82, 2.24) is 4.98 Å². The molecule has 2 aromatic carbocycles. The van der Waals surface area contributed by atoms with Crippen LogP contribution in [0.15, 0.2) is 53.7 Å². The monoisotopic (exact) mass is 278 g/mol. The highest BCUT2D eigenvalue weighted by Crippen LogP contribution is 2.23. The van der Waals surface area contributed by atoms with Crippen LogP contribution in [0.5, 0.6) is 0 Å². The molecule has 0 unspecified atom stereocenters. The van der Waals surface area contributed by atoms with Gasteiger partial charge in [-0.2, -0.15) is 0 Å². The summed E-state index contributed by atoms with van der Waals surface area (Å²) in [4.78, 5) is 18.7. The van der Waals surface area contributed by atoms with Gasteiger partial charge in [-0.1, -0.05) is 24.3 Å². The first-order valence-corrected chi connectivity index (χ1v) is 6.60. The largest absolute Gasteiger partial charge is 0.478 e. The second-order valence-corrected chi connectivity index (χ2v) is 4.80. The SMILES string of the molecule is Cc1c(N=Cc2c[nH]c3ccccc23)cccc1C(=O)O. The molecular weight excluding hydrogens is 264 g/mol. The maximum Gasteiger partial charge on any atom is 0.336 e. The third-order valence-corrected chi connectivity index (χ3v) is 3.50. The molecule has 3 rings (SSSR count). The summed E-state index contributed by atoms with van der Waals surface area (Å²) in [6, 6.07) is 13.1. The van der Waals surface area contributed by atoms with Crippen molar-refractivity contribution in [1.29, 1.82) is 0 Å². The fourth-order valence-corrected chi connectivity index (χ4v) is 2.33. The number of rotatable bonds is 3. The first kappa shape index (κ1) is 13.1. The minimum atomic E-state index is -0.934. The summed E-state index contributed by atoms with van der Waals surface area (Å²) in [7, 11) is 0. The van der Waals surface area contributed by atoms with Crippen LogP contribution in [-0.4, -0.2) is 22.3 Å². The number of hydrogen-bond acceptors (Lipinski definition) is 2. The Balaban J connectivity index is 2.00. The number of carboxylic acid groups (broad SMARTS) is 1. The van der Waals surface area contributed by atoms with Crippen molar-refractivity contribution >= 4 is 28.8 Å². The number of carboxylic acids is 1. The molecule has 0 radical (unpaired) electrons. The number of aromatic carboxylic acids is 1. The van der Waals surface area contributed by atoms with Crippen LogP contribution in [0, 0.1) is 6.92 Å². The lowest BCUT2D eigenvalue weighted by Gasteiger charge is -2.03. The van der Waals surface area contributed by atoms with Gasteiger partial charge in [0.15, 0.2) is 0 Å². The zero-order valence-corrected chi connectivity index (χ0v) is 11.5. The minimum Gasteiger partial charge on any atom is -0.478 e. The van der Waals surface area contributed by atoms with Crippen LogP contribution in [0.1, 0.15) is 21.5 Å². The van der Waals surface area contributed by atoms with E-state index in [1.807, 2.05) is 36.5 Å². The van der Waals surface area contributed by atoms with Gasteiger partial charge in [0.05, 0.1) is 11.3 Å². The average Bonchev–Trinajstić information content (AvgIpc) is 2.89. The van der Waals surface area contributed by atoms with Crippen molar-refractivity contribution < 1.29 is 9.90 Å². The van der Waals surface area contributed by atoms with Crippen LogP contribution in [-0.2, 0) is 0 Å². The molecular formula is C17H14N2O2. The van der Waals surface area contributed by atoms with Gasteiger partial charge in [0.25, 0.3) is 0 Å². The van der Waals surface area contributed by atoms with E-state index in [2.05, 4.69) is 9.98 Å². The van der Waals surface area contributed by atoms with Crippen LogP contribution >= 0.6 is 0 Å². The van der Waals surface area contributed by atoms with Crippen molar-refractivity contribution in [3.63, 3.8) is 0 Å². The Hall–Kier alpha value is -2.88. The van der Waals surface area contributed by atoms with Crippen molar-refractivity contribution in [2.24, 2.45) is 4.99 Å². The van der Waals surface area contributed by atoms with Gasteiger partial charge in [0, 0.05) is 28.9 Å². The maximum absolute atomic E-state index is 11.1. The van der Waals surface area contributed by atoms with E-state index in [9.17, 15) is 4.79 Å². The van der Waals surface area contributed by atoms with Crippen LogP contribution in [0.2, 0.25) is 0 Å². The van der Waals surface area contributed by atoms with Crippen LogP contribution in [0.4, 0.5) is 5.69 Å². The zero-order chi connectivity index (χ0) is 14.8. The summed E-state index contributed by atoms with van der Waals surface area (Å²) < 4.78 is 0. The maximum atomic E-state index is 11.1. The molecule has 0 saturated heterocycles. The van der Waals surface area contributed by atoms with E-state index in [0.717, 1.165) is 16.5 Å². The van der Waals surface area contributed by atoms with Gasteiger partial charge in [0.1, 0.15) is 0 Å². The van der Waals surface area contributed by atoms with Crippen molar-refractivity contribution in [3.05, 3.63) is 65.4 Å². The summed E-state index contributed by atoms with van der Waals surface area (Å²) in [5.41, 5.74) is 3.64. The molecule has 0 fully saturated rings. The summed E-state index contributed by atoms with van der Waals surface area (Å²) in [6.45, 7) is 1.77. The molecule has 0 aliphatic rings. The van der Waals surface area contributed by atoms with Crippen LogP contribution < -0.4 is 0 Å². The molecule has 0 bridgehead atoms. The lowest BCUT2D eigenvalue weighted by molar-refractivity contribution is 0.0696. The first-order valence-electron chi connectivity index (χ1n) is 6.60. The Morgan fingerprint density at radius 2 is 2.00 bits per heavy atom. The molecule has 4 nitrogen and oxygen atoms in total. The Kier molecular flexibility index (Phi) is 3.28. The lowest BCUT2D eigenvalue weighted by atomic mass is 10.1. The van der Waals surface area contributed by atoms with E-state index < -0.39 is 5.97 Å². The molecule has 1 heterocycles. The number of aromatic amines is 1. The standard InChI is InChI=1S/C17H14N2O2/c1-11-13(17(20)21)6-4-8-15(11)18-9-12-10-19-16-7-3-2-5-14(12)16/h2-10,19H,1H3,(H,20,21). The molecule has 1 aromatic heterocycles.